The van der Waals surface area contributed by atoms with E-state index in [4.69, 9.17) is 5.73 Å². The molecule has 0 aliphatic heterocycles. The highest BCUT2D eigenvalue weighted by atomic mass is 19.4. The Morgan fingerprint density at radius 2 is 1.80 bits per heavy atom. The Morgan fingerprint density at radius 1 is 1.25 bits per heavy atom. The van der Waals surface area contributed by atoms with Crippen LogP contribution in [0, 0.1) is 0 Å². The second-order valence-corrected chi connectivity index (χ2v) is 3.31. The molecule has 0 aromatic carbocycles. The largest absolute Gasteiger partial charge is 0.574 e. The molecule has 112 valence electrons. The summed E-state index contributed by atoms with van der Waals surface area (Å²) in [6.45, 7) is 0. The number of methoxy groups -OCH3 is 1. The lowest BCUT2D eigenvalue weighted by Gasteiger charge is -2.15. The first-order valence-electron chi connectivity index (χ1n) is 4.67. The van der Waals surface area contributed by atoms with Gasteiger partial charge in [0, 0.05) is 0 Å². The number of hydrogen-bond acceptors (Lipinski definition) is 5. The number of nitrogens with zero attached hydrogens (tertiary/aromatic N) is 1. The Morgan fingerprint density at radius 3 is 2.20 bits per heavy atom. The topological polar surface area (TPSA) is 74.4 Å². The van der Waals surface area contributed by atoms with Crippen molar-refractivity contribution in [3.63, 3.8) is 0 Å². The van der Waals surface area contributed by atoms with E-state index in [1.807, 2.05) is 0 Å². The summed E-state index contributed by atoms with van der Waals surface area (Å²) in [5.41, 5.74) is 1.44. The van der Waals surface area contributed by atoms with E-state index >= 15 is 0 Å². The molecule has 0 aliphatic carbocycles. The van der Waals surface area contributed by atoms with Crippen molar-refractivity contribution >= 4 is 11.7 Å². The summed E-state index contributed by atoms with van der Waals surface area (Å²) in [5.74, 6) is -3.04. The quantitative estimate of drug-likeness (QED) is 0.670. The molecule has 1 heterocycles. The third-order valence-corrected chi connectivity index (χ3v) is 1.91. The van der Waals surface area contributed by atoms with Gasteiger partial charge in [-0.2, -0.15) is 13.2 Å². The number of alkyl halides is 6. The number of carbonyl (C=O) groups excluding carboxylic acids is 1. The van der Waals surface area contributed by atoms with Crippen LogP contribution >= 0.6 is 0 Å². The maximum Gasteiger partial charge on any atom is 0.574 e. The van der Waals surface area contributed by atoms with Crippen molar-refractivity contribution in [3.8, 4) is 5.88 Å². The molecule has 0 fully saturated rings. The zero-order valence-corrected chi connectivity index (χ0v) is 9.59. The van der Waals surface area contributed by atoms with E-state index in [0.29, 0.717) is 0 Å². The van der Waals surface area contributed by atoms with E-state index in [9.17, 15) is 31.1 Å². The average Bonchev–Trinajstić information content (AvgIpc) is 2.24. The molecule has 2 N–H and O–H groups in total. The van der Waals surface area contributed by atoms with Gasteiger partial charge in [0.2, 0.25) is 5.88 Å². The van der Waals surface area contributed by atoms with Crippen LogP contribution in [-0.4, -0.2) is 24.4 Å². The van der Waals surface area contributed by atoms with E-state index in [1.165, 1.54) is 0 Å². The zero-order chi connectivity index (χ0) is 15.7. The normalized spacial score (nSPS) is 12.2. The van der Waals surface area contributed by atoms with Crippen molar-refractivity contribution in [2.75, 3.05) is 12.8 Å². The molecule has 20 heavy (non-hydrogen) atoms. The Bertz CT molecular complexity index is 526. The third-order valence-electron chi connectivity index (χ3n) is 1.91. The number of esters is 1. The number of anilines is 1. The van der Waals surface area contributed by atoms with Crippen molar-refractivity contribution in [2.24, 2.45) is 0 Å². The minimum Gasteiger partial charge on any atom is -0.465 e. The highest BCUT2D eigenvalue weighted by molar-refractivity contribution is 5.97. The molecule has 0 saturated carbocycles. The maximum absolute atomic E-state index is 12.4. The van der Waals surface area contributed by atoms with Crippen molar-refractivity contribution in [2.45, 2.75) is 12.5 Å². The smallest absolute Gasteiger partial charge is 0.465 e. The fraction of sp³-hybridized carbons (Fsp3) is 0.333. The first-order valence-corrected chi connectivity index (χ1v) is 4.67. The molecule has 0 saturated heterocycles. The molecule has 1 aromatic heterocycles. The first-order chi connectivity index (χ1) is 8.95. The molecule has 0 unspecified atom stereocenters. The summed E-state index contributed by atoms with van der Waals surface area (Å²) in [7, 11) is 0.802. The van der Waals surface area contributed by atoms with Crippen LogP contribution in [0.2, 0.25) is 0 Å². The van der Waals surface area contributed by atoms with Crippen LogP contribution in [0.25, 0.3) is 0 Å². The van der Waals surface area contributed by atoms with Gasteiger partial charge in [-0.05, 0) is 6.07 Å². The molecular weight excluding hydrogens is 298 g/mol. The maximum atomic E-state index is 12.4. The second kappa shape index (κ2) is 5.06. The van der Waals surface area contributed by atoms with Crippen LogP contribution in [-0.2, 0) is 10.9 Å². The number of nitrogens with two attached hydrogens (primary N) is 1. The summed E-state index contributed by atoms with van der Waals surface area (Å²) in [5, 5.41) is 0. The Kier molecular flexibility index (Phi) is 4.01. The van der Waals surface area contributed by atoms with E-state index < -0.39 is 41.3 Å². The van der Waals surface area contributed by atoms with Gasteiger partial charge in [0.1, 0.15) is 5.56 Å². The number of ether oxygens (including phenoxy) is 2. The highest BCUT2D eigenvalue weighted by Crippen LogP contribution is 2.35. The standard InChI is InChI=1S/C9H6F6N2O3/c1-19-7(18)5-3(16)2-4(8(10,11)12)17-6(5)20-9(13,14)15/h2H,1H3,(H2,16,17). The summed E-state index contributed by atoms with van der Waals surface area (Å²) in [4.78, 5) is 13.8. The van der Waals surface area contributed by atoms with Gasteiger partial charge in [-0.3, -0.25) is 0 Å². The molecule has 0 amide bonds. The number of rotatable bonds is 2. The molecule has 1 rings (SSSR count). The predicted molar refractivity (Wildman–Crippen MR) is 51.7 cm³/mol. The van der Waals surface area contributed by atoms with Gasteiger partial charge in [0.15, 0.2) is 5.69 Å². The van der Waals surface area contributed by atoms with E-state index in [1.54, 1.807) is 0 Å². The van der Waals surface area contributed by atoms with Gasteiger partial charge in [-0.15, -0.1) is 13.2 Å². The number of nitrogen functional groups attached to an aromatic ring is 1. The number of halogens is 6. The Labute approximate surface area is 107 Å². The predicted octanol–water partition coefficient (Wildman–Crippen LogP) is 2.37. The van der Waals surface area contributed by atoms with Crippen molar-refractivity contribution in [3.05, 3.63) is 17.3 Å². The van der Waals surface area contributed by atoms with Gasteiger partial charge in [-0.25, -0.2) is 9.78 Å². The minimum atomic E-state index is -5.35. The summed E-state index contributed by atoms with van der Waals surface area (Å²) < 4.78 is 81.0. The van der Waals surface area contributed by atoms with Crippen molar-refractivity contribution in [1.29, 1.82) is 0 Å². The van der Waals surface area contributed by atoms with Crippen LogP contribution in [0.5, 0.6) is 5.88 Å². The molecule has 0 atom stereocenters. The lowest BCUT2D eigenvalue weighted by molar-refractivity contribution is -0.276. The summed E-state index contributed by atoms with van der Waals surface area (Å²) in [6, 6.07) is 0.204. The fourth-order valence-corrected chi connectivity index (χ4v) is 1.18. The number of carbonyl (C=O) groups is 1. The van der Waals surface area contributed by atoms with Gasteiger partial charge < -0.3 is 15.2 Å². The molecule has 1 aromatic rings. The molecule has 5 nitrogen and oxygen atoms in total. The zero-order valence-electron chi connectivity index (χ0n) is 9.59. The lowest BCUT2D eigenvalue weighted by atomic mass is 10.2. The van der Waals surface area contributed by atoms with Gasteiger partial charge in [0.25, 0.3) is 0 Å². The lowest BCUT2D eigenvalue weighted by Crippen LogP contribution is -2.23. The number of hydrogen-bond donors (Lipinski definition) is 1. The third kappa shape index (κ3) is 3.65. The van der Waals surface area contributed by atoms with Gasteiger partial charge >= 0.3 is 18.5 Å². The summed E-state index contributed by atoms with van der Waals surface area (Å²) in [6.07, 6.45) is -10.4. The Hall–Kier alpha value is -2.20. The first kappa shape index (κ1) is 15.9. The fourth-order valence-electron chi connectivity index (χ4n) is 1.18. The molecule has 0 aliphatic rings. The van der Waals surface area contributed by atoms with Crippen molar-refractivity contribution < 1.29 is 40.6 Å². The van der Waals surface area contributed by atoms with E-state index in [-0.39, 0.29) is 6.07 Å². The molecule has 11 heteroatoms. The van der Waals surface area contributed by atoms with Crippen LogP contribution in [0.3, 0.4) is 0 Å². The number of pyridine rings is 1. The molecule has 0 bridgehead atoms. The second-order valence-electron chi connectivity index (χ2n) is 3.31. The molecular formula is C9H6F6N2O3. The minimum absolute atomic E-state index is 0.204. The van der Waals surface area contributed by atoms with Crippen LogP contribution in [0.4, 0.5) is 32.0 Å². The highest BCUT2D eigenvalue weighted by Gasteiger charge is 2.39. The van der Waals surface area contributed by atoms with Crippen LogP contribution in [0.15, 0.2) is 6.07 Å². The molecule has 0 spiro atoms. The van der Waals surface area contributed by atoms with Gasteiger partial charge in [-0.1, -0.05) is 0 Å². The SMILES string of the molecule is COC(=O)c1c(N)cc(C(F)(F)F)nc1OC(F)(F)F. The van der Waals surface area contributed by atoms with Gasteiger partial charge in [0.05, 0.1) is 12.8 Å². The average molecular weight is 304 g/mol. The van der Waals surface area contributed by atoms with Crippen molar-refractivity contribution in [1.82, 2.24) is 4.98 Å². The Balaban J connectivity index is 3.48. The van der Waals surface area contributed by atoms with Crippen LogP contribution in [0.1, 0.15) is 16.1 Å². The monoisotopic (exact) mass is 304 g/mol. The van der Waals surface area contributed by atoms with E-state index in [0.717, 1.165) is 7.11 Å². The number of aromatic nitrogens is 1. The van der Waals surface area contributed by atoms with Crippen LogP contribution < -0.4 is 10.5 Å². The molecule has 0 radical (unpaired) electrons. The van der Waals surface area contributed by atoms with E-state index in [2.05, 4.69) is 14.5 Å². The summed E-state index contributed by atoms with van der Waals surface area (Å²) >= 11 is 0.